The fourth-order valence-corrected chi connectivity index (χ4v) is 2.60. The van der Waals surface area contributed by atoms with Crippen molar-refractivity contribution < 1.29 is 0 Å². The third-order valence-electron chi connectivity index (χ3n) is 3.72. The second kappa shape index (κ2) is 7.27. The predicted molar refractivity (Wildman–Crippen MR) is 98.4 cm³/mol. The molecule has 2 aromatic carbocycles. The van der Waals surface area contributed by atoms with E-state index >= 15 is 0 Å². The first-order valence-corrected chi connectivity index (χ1v) is 8.11. The van der Waals surface area contributed by atoms with Crippen LogP contribution in [0.2, 0.25) is 5.02 Å². The van der Waals surface area contributed by atoms with E-state index in [-0.39, 0.29) is 0 Å². The van der Waals surface area contributed by atoms with Gasteiger partial charge >= 0.3 is 0 Å². The van der Waals surface area contributed by atoms with E-state index in [0.29, 0.717) is 11.0 Å². The predicted octanol–water partition coefficient (Wildman–Crippen LogP) is 4.74. The van der Waals surface area contributed by atoms with Gasteiger partial charge in [-0.2, -0.15) is 10.1 Å². The van der Waals surface area contributed by atoms with Crippen molar-refractivity contribution in [3.8, 4) is 0 Å². The average molecular weight is 340 g/mol. The van der Waals surface area contributed by atoms with Gasteiger partial charge in [0.15, 0.2) is 5.82 Å². The monoisotopic (exact) mass is 339 g/mol. The van der Waals surface area contributed by atoms with Crippen LogP contribution in [-0.4, -0.2) is 21.7 Å². The Morgan fingerprint density at radius 3 is 2.62 bits per heavy atom. The summed E-state index contributed by atoms with van der Waals surface area (Å²) in [6, 6.07) is 15.8. The molecule has 0 atom stereocenters. The van der Waals surface area contributed by atoms with Crippen LogP contribution in [0.25, 0.3) is 0 Å². The standard InChI is InChI=1S/C18H18ClN5/c1-3-24(14-8-5-4-6-9-14)17-12-20-23-18(22-17)21-16-11-7-10-15(19)13(16)2/h4-12H,3H2,1-2H3,(H,21,22,23). The van der Waals surface area contributed by atoms with Gasteiger partial charge in [-0.3, -0.25) is 0 Å². The Balaban J connectivity index is 1.90. The number of aromatic nitrogens is 3. The lowest BCUT2D eigenvalue weighted by molar-refractivity contribution is 0.922. The number of halogens is 1. The summed E-state index contributed by atoms with van der Waals surface area (Å²) in [6.45, 7) is 4.80. The molecule has 0 amide bonds. The second-order valence-corrected chi connectivity index (χ2v) is 5.66. The maximum Gasteiger partial charge on any atom is 0.249 e. The second-order valence-electron chi connectivity index (χ2n) is 5.26. The van der Waals surface area contributed by atoms with Crippen molar-refractivity contribution in [3.05, 3.63) is 65.3 Å². The Bertz CT molecular complexity index is 823. The van der Waals surface area contributed by atoms with E-state index in [9.17, 15) is 0 Å². The summed E-state index contributed by atoms with van der Waals surface area (Å²) in [5.41, 5.74) is 2.87. The van der Waals surface area contributed by atoms with Gasteiger partial charge in [0.05, 0.1) is 6.20 Å². The molecular formula is C18H18ClN5. The number of anilines is 4. The van der Waals surface area contributed by atoms with Crippen molar-refractivity contribution in [1.82, 2.24) is 15.2 Å². The van der Waals surface area contributed by atoms with Crippen LogP contribution in [0.15, 0.2) is 54.7 Å². The number of benzene rings is 2. The molecule has 122 valence electrons. The molecule has 6 heteroatoms. The smallest absolute Gasteiger partial charge is 0.249 e. The first-order valence-electron chi connectivity index (χ1n) is 7.73. The zero-order valence-corrected chi connectivity index (χ0v) is 14.3. The van der Waals surface area contributed by atoms with Crippen LogP contribution in [0.5, 0.6) is 0 Å². The minimum atomic E-state index is 0.437. The largest absolute Gasteiger partial charge is 0.325 e. The van der Waals surface area contributed by atoms with Gasteiger partial charge in [0, 0.05) is 22.9 Å². The van der Waals surface area contributed by atoms with E-state index in [1.807, 2.05) is 55.5 Å². The number of nitrogens with zero attached hydrogens (tertiary/aromatic N) is 4. The van der Waals surface area contributed by atoms with E-state index in [4.69, 9.17) is 11.6 Å². The first kappa shape index (κ1) is 16.2. The van der Waals surface area contributed by atoms with E-state index in [1.165, 1.54) is 0 Å². The Labute approximate surface area is 146 Å². The summed E-state index contributed by atoms with van der Waals surface area (Å²) in [7, 11) is 0. The average Bonchev–Trinajstić information content (AvgIpc) is 2.61. The molecule has 0 radical (unpaired) electrons. The van der Waals surface area contributed by atoms with Crippen LogP contribution in [-0.2, 0) is 0 Å². The highest BCUT2D eigenvalue weighted by atomic mass is 35.5. The van der Waals surface area contributed by atoms with E-state index in [2.05, 4.69) is 32.3 Å². The van der Waals surface area contributed by atoms with Gasteiger partial charge in [-0.25, -0.2) is 0 Å². The molecule has 0 aliphatic carbocycles. The lowest BCUT2D eigenvalue weighted by atomic mass is 10.2. The lowest BCUT2D eigenvalue weighted by Crippen LogP contribution is -2.18. The van der Waals surface area contributed by atoms with Crippen LogP contribution in [0.3, 0.4) is 0 Å². The minimum absolute atomic E-state index is 0.437. The third kappa shape index (κ3) is 3.46. The van der Waals surface area contributed by atoms with Crippen molar-refractivity contribution in [2.24, 2.45) is 0 Å². The van der Waals surface area contributed by atoms with Gasteiger partial charge in [0.2, 0.25) is 5.95 Å². The molecule has 1 heterocycles. The molecule has 1 N–H and O–H groups in total. The quantitative estimate of drug-likeness (QED) is 0.728. The molecule has 0 aliphatic rings. The summed E-state index contributed by atoms with van der Waals surface area (Å²) in [4.78, 5) is 6.66. The summed E-state index contributed by atoms with van der Waals surface area (Å²) >= 11 is 6.16. The van der Waals surface area contributed by atoms with Crippen molar-refractivity contribution in [3.63, 3.8) is 0 Å². The van der Waals surface area contributed by atoms with Gasteiger partial charge < -0.3 is 10.2 Å². The van der Waals surface area contributed by atoms with Crippen molar-refractivity contribution in [2.75, 3.05) is 16.8 Å². The van der Waals surface area contributed by atoms with E-state index in [1.54, 1.807) is 6.20 Å². The number of para-hydroxylation sites is 1. The summed E-state index contributed by atoms with van der Waals surface area (Å²) in [5.74, 6) is 1.17. The van der Waals surface area contributed by atoms with Gasteiger partial charge in [-0.05, 0) is 43.7 Å². The molecule has 1 aromatic heterocycles. The molecule has 3 rings (SSSR count). The summed E-state index contributed by atoms with van der Waals surface area (Å²) in [5, 5.41) is 12.0. The zero-order chi connectivity index (χ0) is 16.9. The highest BCUT2D eigenvalue weighted by Crippen LogP contribution is 2.26. The van der Waals surface area contributed by atoms with E-state index < -0.39 is 0 Å². The molecule has 0 aliphatic heterocycles. The van der Waals surface area contributed by atoms with Gasteiger partial charge in [0.25, 0.3) is 0 Å². The minimum Gasteiger partial charge on any atom is -0.325 e. The van der Waals surface area contributed by atoms with Crippen LogP contribution < -0.4 is 10.2 Å². The topological polar surface area (TPSA) is 53.9 Å². The van der Waals surface area contributed by atoms with Crippen molar-refractivity contribution >= 4 is 34.7 Å². The fourth-order valence-electron chi connectivity index (χ4n) is 2.43. The molecular weight excluding hydrogens is 322 g/mol. The highest BCUT2D eigenvalue weighted by Gasteiger charge is 2.11. The number of hydrogen-bond donors (Lipinski definition) is 1. The van der Waals surface area contributed by atoms with Crippen LogP contribution in [0.1, 0.15) is 12.5 Å². The SMILES string of the molecule is CCN(c1ccccc1)c1cnnc(Nc2cccc(Cl)c2C)n1. The molecule has 0 saturated heterocycles. The normalized spacial score (nSPS) is 10.5. The molecule has 0 unspecified atom stereocenters. The third-order valence-corrected chi connectivity index (χ3v) is 4.13. The maximum atomic E-state index is 6.16. The molecule has 5 nitrogen and oxygen atoms in total. The fraction of sp³-hybridized carbons (Fsp3) is 0.167. The summed E-state index contributed by atoms with van der Waals surface area (Å²) in [6.07, 6.45) is 1.66. The first-order chi connectivity index (χ1) is 11.7. The molecule has 0 saturated carbocycles. The Kier molecular flexibility index (Phi) is 4.91. The van der Waals surface area contributed by atoms with Crippen molar-refractivity contribution in [1.29, 1.82) is 0 Å². The van der Waals surface area contributed by atoms with Gasteiger partial charge in [-0.15, -0.1) is 5.10 Å². The van der Waals surface area contributed by atoms with Crippen LogP contribution in [0.4, 0.5) is 23.1 Å². The molecule has 0 spiro atoms. The number of rotatable bonds is 5. The molecule has 3 aromatic rings. The molecule has 0 fully saturated rings. The maximum absolute atomic E-state index is 6.16. The Morgan fingerprint density at radius 1 is 1.08 bits per heavy atom. The van der Waals surface area contributed by atoms with Crippen LogP contribution in [0, 0.1) is 6.92 Å². The zero-order valence-electron chi connectivity index (χ0n) is 13.6. The lowest BCUT2D eigenvalue weighted by Gasteiger charge is -2.21. The Hall–Kier alpha value is -2.66. The Morgan fingerprint density at radius 2 is 1.88 bits per heavy atom. The van der Waals surface area contributed by atoms with Crippen LogP contribution >= 0.6 is 11.6 Å². The van der Waals surface area contributed by atoms with Crippen molar-refractivity contribution in [2.45, 2.75) is 13.8 Å². The number of hydrogen-bond acceptors (Lipinski definition) is 5. The van der Waals surface area contributed by atoms with E-state index in [0.717, 1.165) is 29.3 Å². The molecule has 0 bridgehead atoms. The summed E-state index contributed by atoms with van der Waals surface area (Å²) < 4.78 is 0. The molecule has 24 heavy (non-hydrogen) atoms. The van der Waals surface area contributed by atoms with Gasteiger partial charge in [-0.1, -0.05) is 35.9 Å². The number of nitrogens with one attached hydrogen (secondary N) is 1. The highest BCUT2D eigenvalue weighted by molar-refractivity contribution is 6.31. The van der Waals surface area contributed by atoms with Gasteiger partial charge in [0.1, 0.15) is 0 Å².